The zero-order valence-electron chi connectivity index (χ0n) is 11.8. The fourth-order valence-electron chi connectivity index (χ4n) is 2.07. The Labute approximate surface area is 115 Å². The maximum Gasteiger partial charge on any atom is 0.325 e. The number of hydrogen-bond donors (Lipinski definition) is 1. The van der Waals surface area contributed by atoms with Gasteiger partial charge in [-0.3, -0.25) is 9.59 Å². The quantitative estimate of drug-likeness (QED) is 0.883. The van der Waals surface area contributed by atoms with E-state index >= 15 is 0 Å². The first-order chi connectivity index (χ1) is 9.43. The number of fused-ring (bicyclic) bond motifs is 1. The number of carboxylic acid groups (broad SMARTS) is 1. The van der Waals surface area contributed by atoms with Gasteiger partial charge in [0.05, 0.1) is 5.69 Å². The fraction of sp³-hybridized carbons (Fsp3) is 0.538. The van der Waals surface area contributed by atoms with E-state index in [1.807, 2.05) is 20.8 Å². The Balaban J connectivity index is 2.70. The molecule has 0 aliphatic rings. The fourth-order valence-corrected chi connectivity index (χ4v) is 2.07. The highest BCUT2D eigenvalue weighted by atomic mass is 16.4. The van der Waals surface area contributed by atoms with Crippen LogP contribution in [0.3, 0.4) is 0 Å². The smallest absolute Gasteiger partial charge is 0.325 e. The second-order valence-corrected chi connectivity index (χ2v) is 5.05. The second-order valence-electron chi connectivity index (χ2n) is 5.05. The van der Waals surface area contributed by atoms with E-state index in [0.717, 1.165) is 23.2 Å². The Hall–Kier alpha value is -2.18. The summed E-state index contributed by atoms with van der Waals surface area (Å²) in [6, 6.07) is 1.72. The van der Waals surface area contributed by atoms with Crippen LogP contribution < -0.4 is 5.56 Å². The second kappa shape index (κ2) is 5.44. The Morgan fingerprint density at radius 2 is 2.10 bits per heavy atom. The molecule has 2 rings (SSSR count). The molecule has 20 heavy (non-hydrogen) atoms. The molecular weight excluding hydrogens is 260 g/mol. The molecule has 0 fully saturated rings. The Kier molecular flexibility index (Phi) is 3.87. The molecule has 2 heterocycles. The molecule has 1 N–H and O–H groups in total. The maximum absolute atomic E-state index is 12.2. The number of carboxylic acids is 1. The first-order valence-corrected chi connectivity index (χ1v) is 6.65. The van der Waals surface area contributed by atoms with E-state index in [9.17, 15) is 9.59 Å². The summed E-state index contributed by atoms with van der Waals surface area (Å²) in [5, 5.41) is 17.4. The van der Waals surface area contributed by atoms with Gasteiger partial charge >= 0.3 is 5.97 Å². The van der Waals surface area contributed by atoms with Crippen LogP contribution in [0, 0.1) is 0 Å². The van der Waals surface area contributed by atoms with Crippen LogP contribution in [-0.4, -0.2) is 30.5 Å². The predicted molar refractivity (Wildman–Crippen MR) is 73.0 cm³/mol. The van der Waals surface area contributed by atoms with E-state index in [1.165, 1.54) is 4.52 Å². The van der Waals surface area contributed by atoms with Crippen LogP contribution in [0.5, 0.6) is 0 Å². The number of carbonyl (C=O) groups is 1. The molecule has 7 nitrogen and oxygen atoms in total. The van der Waals surface area contributed by atoms with Crippen molar-refractivity contribution in [1.82, 2.24) is 19.4 Å². The van der Waals surface area contributed by atoms with Crippen molar-refractivity contribution in [3.63, 3.8) is 0 Å². The molecular formula is C13H18N4O3. The molecule has 0 bridgehead atoms. The average molecular weight is 278 g/mol. The van der Waals surface area contributed by atoms with Gasteiger partial charge in [-0.25, -0.2) is 9.20 Å². The third-order valence-electron chi connectivity index (χ3n) is 2.96. The summed E-state index contributed by atoms with van der Waals surface area (Å²) in [7, 11) is 0. The van der Waals surface area contributed by atoms with Crippen LogP contribution in [0.25, 0.3) is 5.52 Å². The maximum atomic E-state index is 12.2. The van der Waals surface area contributed by atoms with Crippen LogP contribution in [0.15, 0.2) is 10.9 Å². The zero-order valence-corrected chi connectivity index (χ0v) is 11.8. The summed E-state index contributed by atoms with van der Waals surface area (Å²) in [5.41, 5.74) is 0.779. The highest BCUT2D eigenvalue weighted by Gasteiger charge is 2.17. The molecule has 0 amide bonds. The van der Waals surface area contributed by atoms with Gasteiger partial charge in [0.1, 0.15) is 12.1 Å². The number of aliphatic carboxylic acids is 1. The predicted octanol–water partition coefficient (Wildman–Crippen LogP) is 1.05. The minimum atomic E-state index is -1.09. The third kappa shape index (κ3) is 2.56. The lowest BCUT2D eigenvalue weighted by atomic mass is 10.2. The lowest BCUT2D eigenvalue weighted by molar-refractivity contribution is -0.138. The van der Waals surface area contributed by atoms with E-state index in [0.29, 0.717) is 11.3 Å². The Morgan fingerprint density at radius 3 is 2.65 bits per heavy atom. The molecule has 7 heteroatoms. The number of aryl methyl sites for hydroxylation is 1. The average Bonchev–Trinajstić information content (AvgIpc) is 2.76. The molecule has 0 aliphatic heterocycles. The van der Waals surface area contributed by atoms with Gasteiger partial charge in [-0.1, -0.05) is 27.2 Å². The lowest BCUT2D eigenvalue weighted by Crippen LogP contribution is -2.30. The van der Waals surface area contributed by atoms with Crippen molar-refractivity contribution in [3.8, 4) is 0 Å². The number of rotatable bonds is 5. The van der Waals surface area contributed by atoms with E-state index < -0.39 is 18.1 Å². The molecule has 0 atom stereocenters. The number of nitrogens with zero attached hydrogens (tertiary/aromatic N) is 4. The topological polar surface area (TPSA) is 89.5 Å². The first kappa shape index (κ1) is 14.2. The first-order valence-electron chi connectivity index (χ1n) is 6.65. The van der Waals surface area contributed by atoms with Gasteiger partial charge in [-0.2, -0.15) is 10.2 Å². The van der Waals surface area contributed by atoms with Gasteiger partial charge in [0, 0.05) is 5.92 Å². The SMILES string of the molecule is CCCc1cc2c(=O)n(CC(=O)O)nc(C(C)C)n2n1. The number of aromatic nitrogens is 4. The zero-order chi connectivity index (χ0) is 14.9. The van der Waals surface area contributed by atoms with Crippen LogP contribution in [0.4, 0.5) is 0 Å². The summed E-state index contributed by atoms with van der Waals surface area (Å²) >= 11 is 0. The van der Waals surface area contributed by atoms with Crippen LogP contribution in [-0.2, 0) is 17.8 Å². The van der Waals surface area contributed by atoms with E-state index in [2.05, 4.69) is 10.2 Å². The van der Waals surface area contributed by atoms with Crippen molar-refractivity contribution in [3.05, 3.63) is 27.9 Å². The Morgan fingerprint density at radius 1 is 1.40 bits per heavy atom. The summed E-state index contributed by atoms with van der Waals surface area (Å²) in [4.78, 5) is 23.1. The molecule has 108 valence electrons. The molecule has 2 aromatic rings. The molecule has 0 spiro atoms. The van der Waals surface area contributed by atoms with Crippen molar-refractivity contribution >= 4 is 11.5 Å². The van der Waals surface area contributed by atoms with Crippen molar-refractivity contribution in [2.75, 3.05) is 0 Å². The van der Waals surface area contributed by atoms with E-state index in [-0.39, 0.29) is 5.92 Å². The van der Waals surface area contributed by atoms with Gasteiger partial charge in [-0.05, 0) is 12.5 Å². The van der Waals surface area contributed by atoms with E-state index in [1.54, 1.807) is 6.07 Å². The molecule has 0 aliphatic carbocycles. The van der Waals surface area contributed by atoms with Crippen LogP contribution in [0.1, 0.15) is 44.6 Å². The highest BCUT2D eigenvalue weighted by molar-refractivity contribution is 5.66. The monoisotopic (exact) mass is 278 g/mol. The van der Waals surface area contributed by atoms with Gasteiger partial charge in [0.15, 0.2) is 5.82 Å². The van der Waals surface area contributed by atoms with E-state index in [4.69, 9.17) is 5.11 Å². The minimum absolute atomic E-state index is 0.0347. The molecule has 0 saturated heterocycles. The molecule has 0 aromatic carbocycles. The third-order valence-corrected chi connectivity index (χ3v) is 2.96. The van der Waals surface area contributed by atoms with Gasteiger partial charge in [0.25, 0.3) is 5.56 Å². The van der Waals surface area contributed by atoms with Crippen molar-refractivity contribution < 1.29 is 9.90 Å². The largest absolute Gasteiger partial charge is 0.480 e. The molecule has 0 radical (unpaired) electrons. The van der Waals surface area contributed by atoms with Crippen molar-refractivity contribution in [2.45, 2.75) is 46.1 Å². The van der Waals surface area contributed by atoms with Gasteiger partial charge in [-0.15, -0.1) is 0 Å². The van der Waals surface area contributed by atoms with Gasteiger partial charge < -0.3 is 5.11 Å². The molecule has 0 saturated carbocycles. The summed E-state index contributed by atoms with van der Waals surface area (Å²) in [5.74, 6) is -0.470. The standard InChI is InChI=1S/C13H18N4O3/c1-4-5-9-6-10-13(20)16(7-11(18)19)15-12(8(2)3)17(10)14-9/h6,8H,4-5,7H2,1-3H3,(H,18,19). The number of hydrogen-bond acceptors (Lipinski definition) is 4. The van der Waals surface area contributed by atoms with Crippen LogP contribution in [0.2, 0.25) is 0 Å². The summed E-state index contributed by atoms with van der Waals surface area (Å²) in [6.45, 7) is 5.45. The molecule has 2 aromatic heterocycles. The van der Waals surface area contributed by atoms with Crippen molar-refractivity contribution in [1.29, 1.82) is 0 Å². The minimum Gasteiger partial charge on any atom is -0.480 e. The van der Waals surface area contributed by atoms with Crippen molar-refractivity contribution in [2.24, 2.45) is 0 Å². The van der Waals surface area contributed by atoms with Gasteiger partial charge in [0.2, 0.25) is 0 Å². The highest BCUT2D eigenvalue weighted by Crippen LogP contribution is 2.13. The molecule has 0 unspecified atom stereocenters. The summed E-state index contributed by atoms with van der Waals surface area (Å²) in [6.07, 6.45) is 1.70. The Bertz CT molecular complexity index is 699. The van der Waals surface area contributed by atoms with Crippen LogP contribution >= 0.6 is 0 Å². The lowest BCUT2D eigenvalue weighted by Gasteiger charge is -2.10. The summed E-state index contributed by atoms with van der Waals surface area (Å²) < 4.78 is 2.53. The normalized spacial score (nSPS) is 11.4.